The first-order valence-corrected chi connectivity index (χ1v) is 5.88. The second-order valence-corrected chi connectivity index (χ2v) is 4.45. The van der Waals surface area contributed by atoms with Gasteiger partial charge in [-0.15, -0.1) is 11.6 Å². The zero-order valence-corrected chi connectivity index (χ0v) is 11.1. The van der Waals surface area contributed by atoms with Crippen LogP contribution in [0.15, 0.2) is 16.6 Å². The summed E-state index contributed by atoms with van der Waals surface area (Å²) >= 11 is 15.0. The first kappa shape index (κ1) is 12.8. The van der Waals surface area contributed by atoms with Gasteiger partial charge in [-0.05, 0) is 23.3 Å². The summed E-state index contributed by atoms with van der Waals surface area (Å²) in [7, 11) is 1.34. The molecule has 0 aliphatic carbocycles. The van der Waals surface area contributed by atoms with E-state index >= 15 is 0 Å². The van der Waals surface area contributed by atoms with Crippen LogP contribution in [-0.2, 0) is 21.8 Å². The highest BCUT2D eigenvalue weighted by molar-refractivity contribution is 9.10. The molecule has 0 saturated heterocycles. The molecule has 0 aromatic heterocycles. The Bertz CT molecular complexity index is 357. The molecule has 82 valence electrons. The molecule has 2 nitrogen and oxygen atoms in total. The standard InChI is InChI=1S/C10H9BrCl2O2/c1-15-10(14)4-7-8(11)2-6(5-12)3-9(7)13/h2-3H,4-5H2,1H3. The zero-order valence-electron chi connectivity index (χ0n) is 8.02. The highest BCUT2D eigenvalue weighted by Gasteiger charge is 2.12. The molecule has 0 bridgehead atoms. The van der Waals surface area contributed by atoms with Gasteiger partial charge >= 0.3 is 5.97 Å². The van der Waals surface area contributed by atoms with Gasteiger partial charge in [-0.3, -0.25) is 4.79 Å². The molecule has 0 amide bonds. The van der Waals surface area contributed by atoms with Gasteiger partial charge < -0.3 is 4.74 Å². The number of alkyl halides is 1. The van der Waals surface area contributed by atoms with Gasteiger partial charge in [0.1, 0.15) is 0 Å². The quantitative estimate of drug-likeness (QED) is 0.630. The number of methoxy groups -OCH3 is 1. The smallest absolute Gasteiger partial charge is 0.310 e. The zero-order chi connectivity index (χ0) is 11.4. The summed E-state index contributed by atoms with van der Waals surface area (Å²) in [6, 6.07) is 3.59. The highest BCUT2D eigenvalue weighted by atomic mass is 79.9. The van der Waals surface area contributed by atoms with E-state index in [-0.39, 0.29) is 12.4 Å². The van der Waals surface area contributed by atoms with Gasteiger partial charge in [-0.1, -0.05) is 27.5 Å². The SMILES string of the molecule is COC(=O)Cc1c(Cl)cc(CCl)cc1Br. The molecule has 0 aliphatic rings. The average molecular weight is 312 g/mol. The molecule has 0 aliphatic heterocycles. The van der Waals surface area contributed by atoms with Crippen LogP contribution in [0.25, 0.3) is 0 Å². The maximum atomic E-state index is 11.1. The summed E-state index contributed by atoms with van der Waals surface area (Å²) < 4.78 is 5.35. The van der Waals surface area contributed by atoms with Crippen LogP contribution < -0.4 is 0 Å². The lowest BCUT2D eigenvalue weighted by Crippen LogP contribution is -2.05. The number of rotatable bonds is 3. The summed E-state index contributed by atoms with van der Waals surface area (Å²) in [5, 5.41) is 0.519. The molecule has 0 spiro atoms. The molecule has 5 heteroatoms. The van der Waals surface area contributed by atoms with Crippen LogP contribution in [0.1, 0.15) is 11.1 Å². The van der Waals surface area contributed by atoms with E-state index in [2.05, 4.69) is 20.7 Å². The van der Waals surface area contributed by atoms with Crippen LogP contribution in [0.3, 0.4) is 0 Å². The van der Waals surface area contributed by atoms with Crippen molar-refractivity contribution >= 4 is 45.1 Å². The molecular formula is C10H9BrCl2O2. The molecule has 1 aromatic rings. The predicted molar refractivity (Wildman–Crippen MR) is 64.4 cm³/mol. The Labute approximate surface area is 107 Å². The van der Waals surface area contributed by atoms with Crippen LogP contribution in [-0.4, -0.2) is 13.1 Å². The number of halogens is 3. The minimum atomic E-state index is -0.323. The van der Waals surface area contributed by atoms with Crippen molar-refractivity contribution < 1.29 is 9.53 Å². The molecule has 0 heterocycles. The summed E-state index contributed by atoms with van der Waals surface area (Å²) in [5.41, 5.74) is 1.62. The molecular weight excluding hydrogens is 303 g/mol. The Balaban J connectivity index is 3.03. The van der Waals surface area contributed by atoms with E-state index in [4.69, 9.17) is 23.2 Å². The molecule has 0 N–H and O–H groups in total. The fourth-order valence-electron chi connectivity index (χ4n) is 1.12. The number of ether oxygens (including phenoxy) is 1. The highest BCUT2D eigenvalue weighted by Crippen LogP contribution is 2.28. The minimum Gasteiger partial charge on any atom is -0.469 e. The van der Waals surface area contributed by atoms with Crippen molar-refractivity contribution in [2.75, 3.05) is 7.11 Å². The van der Waals surface area contributed by atoms with E-state index in [9.17, 15) is 4.79 Å². The first-order valence-electron chi connectivity index (χ1n) is 4.18. The minimum absolute atomic E-state index is 0.151. The second-order valence-electron chi connectivity index (χ2n) is 2.92. The molecule has 0 saturated carbocycles. The van der Waals surface area contributed by atoms with Gasteiger partial charge in [0.25, 0.3) is 0 Å². The first-order chi connectivity index (χ1) is 7.08. The second kappa shape index (κ2) is 5.73. The van der Waals surface area contributed by atoms with E-state index in [1.807, 2.05) is 6.07 Å². The summed E-state index contributed by atoms with van der Waals surface area (Å²) in [4.78, 5) is 11.1. The topological polar surface area (TPSA) is 26.3 Å². The van der Waals surface area contributed by atoms with Crippen molar-refractivity contribution in [3.63, 3.8) is 0 Å². The predicted octanol–water partition coefficient (Wildman–Crippen LogP) is 3.56. The number of carbonyl (C=O) groups excluding carboxylic acids is 1. The molecule has 0 atom stereocenters. The lowest BCUT2D eigenvalue weighted by Gasteiger charge is -2.07. The Morgan fingerprint density at radius 3 is 2.67 bits per heavy atom. The summed E-state index contributed by atoms with van der Waals surface area (Å²) in [6.07, 6.45) is 0.151. The molecule has 0 fully saturated rings. The van der Waals surface area contributed by atoms with Crippen LogP contribution in [0.5, 0.6) is 0 Å². The van der Waals surface area contributed by atoms with Crippen molar-refractivity contribution in [2.24, 2.45) is 0 Å². The van der Waals surface area contributed by atoms with Gasteiger partial charge in [0, 0.05) is 15.4 Å². The summed E-state index contributed by atoms with van der Waals surface area (Å²) in [6.45, 7) is 0. The third kappa shape index (κ3) is 3.37. The van der Waals surface area contributed by atoms with Crippen molar-refractivity contribution in [1.29, 1.82) is 0 Å². The fraction of sp³-hybridized carbons (Fsp3) is 0.300. The molecule has 1 rings (SSSR count). The molecule has 1 aromatic carbocycles. The third-order valence-corrected chi connectivity index (χ3v) is 3.26. The Morgan fingerprint density at radius 2 is 2.20 bits per heavy atom. The maximum absolute atomic E-state index is 11.1. The van der Waals surface area contributed by atoms with Crippen LogP contribution >= 0.6 is 39.1 Å². The number of hydrogen-bond acceptors (Lipinski definition) is 2. The third-order valence-electron chi connectivity index (χ3n) is 1.90. The van der Waals surface area contributed by atoms with E-state index < -0.39 is 0 Å². The fourth-order valence-corrected chi connectivity index (χ4v) is 2.34. The average Bonchev–Trinajstić information content (AvgIpc) is 2.22. The Hall–Kier alpha value is -0.250. The van der Waals surface area contributed by atoms with Crippen molar-refractivity contribution in [1.82, 2.24) is 0 Å². The lowest BCUT2D eigenvalue weighted by atomic mass is 10.1. The molecule has 0 radical (unpaired) electrons. The van der Waals surface area contributed by atoms with Gasteiger partial charge in [0.05, 0.1) is 13.5 Å². The van der Waals surface area contributed by atoms with E-state index in [0.717, 1.165) is 15.6 Å². The number of benzene rings is 1. The van der Waals surface area contributed by atoms with Gasteiger partial charge in [-0.2, -0.15) is 0 Å². The van der Waals surface area contributed by atoms with Gasteiger partial charge in [0.15, 0.2) is 0 Å². The van der Waals surface area contributed by atoms with Crippen LogP contribution in [0, 0.1) is 0 Å². The molecule has 0 unspecified atom stereocenters. The lowest BCUT2D eigenvalue weighted by molar-refractivity contribution is -0.139. The van der Waals surface area contributed by atoms with Crippen molar-refractivity contribution in [3.05, 3.63) is 32.8 Å². The Kier molecular flexibility index (Phi) is 4.90. The van der Waals surface area contributed by atoms with E-state index in [0.29, 0.717) is 10.9 Å². The Morgan fingerprint density at radius 1 is 1.53 bits per heavy atom. The van der Waals surface area contributed by atoms with Gasteiger partial charge in [-0.25, -0.2) is 0 Å². The normalized spacial score (nSPS) is 10.1. The van der Waals surface area contributed by atoms with Crippen molar-refractivity contribution in [2.45, 2.75) is 12.3 Å². The monoisotopic (exact) mass is 310 g/mol. The van der Waals surface area contributed by atoms with E-state index in [1.165, 1.54) is 7.11 Å². The number of carbonyl (C=O) groups is 1. The van der Waals surface area contributed by atoms with Gasteiger partial charge in [0.2, 0.25) is 0 Å². The molecule has 15 heavy (non-hydrogen) atoms. The maximum Gasteiger partial charge on any atom is 0.310 e. The largest absolute Gasteiger partial charge is 0.469 e. The number of esters is 1. The van der Waals surface area contributed by atoms with Crippen LogP contribution in [0.2, 0.25) is 5.02 Å². The number of hydrogen-bond donors (Lipinski definition) is 0. The van der Waals surface area contributed by atoms with E-state index in [1.54, 1.807) is 6.07 Å². The van der Waals surface area contributed by atoms with Crippen LogP contribution in [0.4, 0.5) is 0 Å². The summed E-state index contributed by atoms with van der Waals surface area (Å²) in [5.74, 6) is 0.0628. The van der Waals surface area contributed by atoms with Crippen molar-refractivity contribution in [3.8, 4) is 0 Å².